The van der Waals surface area contributed by atoms with Crippen LogP contribution in [-0.2, 0) is 4.79 Å². The molecule has 0 radical (unpaired) electrons. The smallest absolute Gasteiger partial charge is 0.244 e. The normalized spacial score (nSPS) is 11.5. The molecule has 1 rings (SSSR count). The molecule has 0 aromatic carbocycles. The number of amides is 1. The maximum atomic E-state index is 10.4. The third-order valence-corrected chi connectivity index (χ3v) is 0.984. The highest BCUT2D eigenvalue weighted by Gasteiger charge is 1.89. The lowest BCUT2D eigenvalue weighted by molar-refractivity contribution is -0.116. The summed E-state index contributed by atoms with van der Waals surface area (Å²) in [5, 5.41) is 12.4. The molecule has 0 saturated heterocycles. The molecule has 0 aliphatic carbocycles. The summed E-state index contributed by atoms with van der Waals surface area (Å²) in [5.74, 6) is -0.374. The molecule has 1 aromatic rings. The molecule has 0 unspecified atom stereocenters. The molecule has 58 valence electrons. The first-order valence-corrected chi connectivity index (χ1v) is 2.99. The number of carbonyl (C=O) groups excluding carboxylic acids is 1. The largest absolute Gasteiger partial charge is 0.410 e. The van der Waals surface area contributed by atoms with Crippen molar-refractivity contribution in [2.75, 3.05) is 0 Å². The zero-order valence-electron chi connectivity index (χ0n) is 5.93. The van der Waals surface area contributed by atoms with Crippen LogP contribution >= 0.6 is 0 Å². The Morgan fingerprint density at radius 3 is 3.09 bits per heavy atom. The van der Waals surface area contributed by atoms with Crippen molar-refractivity contribution in [3.63, 3.8) is 0 Å². The van der Waals surface area contributed by atoms with Gasteiger partial charge in [0.2, 0.25) is 5.91 Å². The third kappa shape index (κ3) is 1.89. The van der Waals surface area contributed by atoms with Gasteiger partial charge in [-0.3, -0.25) is 4.79 Å². The minimum atomic E-state index is -0.374. The summed E-state index contributed by atoms with van der Waals surface area (Å²) in [6, 6.07) is 3.06. The highest BCUT2D eigenvalue weighted by Crippen LogP contribution is 1.71. The highest BCUT2D eigenvalue weighted by molar-refractivity contribution is 5.73. The third-order valence-electron chi connectivity index (χ3n) is 0.984. The Bertz CT molecular complexity index is 329. The number of rotatable bonds is 0. The van der Waals surface area contributed by atoms with Crippen molar-refractivity contribution in [1.29, 1.82) is 0 Å². The van der Waals surface area contributed by atoms with Crippen molar-refractivity contribution < 1.29 is 10.0 Å². The minimum absolute atomic E-state index is 0.125. The quantitative estimate of drug-likeness (QED) is 0.514. The van der Waals surface area contributed by atoms with Gasteiger partial charge >= 0.3 is 0 Å². The van der Waals surface area contributed by atoms with Gasteiger partial charge in [0.1, 0.15) is 0 Å². The van der Waals surface area contributed by atoms with E-state index in [1.165, 1.54) is 19.2 Å². The summed E-state index contributed by atoms with van der Waals surface area (Å²) in [6.07, 6.45) is 1.39. The molecule has 1 N–H and O–H groups in total. The Kier molecular flexibility index (Phi) is 2.00. The highest BCUT2D eigenvalue weighted by atomic mass is 16.5. The SMILES string of the molecule is CC(=O)N=c1cccnn1O. The number of carbonyl (C=O) groups is 1. The summed E-state index contributed by atoms with van der Waals surface area (Å²) in [5.41, 5.74) is 0.125. The Morgan fingerprint density at radius 2 is 2.55 bits per heavy atom. The van der Waals surface area contributed by atoms with E-state index in [1.807, 2.05) is 0 Å². The van der Waals surface area contributed by atoms with E-state index < -0.39 is 0 Å². The van der Waals surface area contributed by atoms with Crippen LogP contribution in [0.15, 0.2) is 23.3 Å². The van der Waals surface area contributed by atoms with Gasteiger partial charge in [0.25, 0.3) is 0 Å². The first-order chi connectivity index (χ1) is 5.20. The second kappa shape index (κ2) is 2.96. The van der Waals surface area contributed by atoms with E-state index >= 15 is 0 Å². The fourth-order valence-corrected chi connectivity index (χ4v) is 0.600. The van der Waals surface area contributed by atoms with Crippen molar-refractivity contribution in [1.82, 2.24) is 9.94 Å². The molecule has 1 heterocycles. The summed E-state index contributed by atoms with van der Waals surface area (Å²) in [6.45, 7) is 1.30. The topological polar surface area (TPSA) is 67.5 Å². The van der Waals surface area contributed by atoms with Crippen LogP contribution in [0.25, 0.3) is 0 Å². The van der Waals surface area contributed by atoms with Crippen LogP contribution in [0, 0.1) is 0 Å². The molecule has 0 atom stereocenters. The molecular formula is C6H7N3O2. The van der Waals surface area contributed by atoms with Crippen LogP contribution in [0.5, 0.6) is 0 Å². The van der Waals surface area contributed by atoms with E-state index in [2.05, 4.69) is 10.1 Å². The fraction of sp³-hybridized carbons (Fsp3) is 0.167. The van der Waals surface area contributed by atoms with Crippen molar-refractivity contribution >= 4 is 5.91 Å². The molecule has 1 amide bonds. The molecule has 0 bridgehead atoms. The Hall–Kier alpha value is -1.65. The van der Waals surface area contributed by atoms with Crippen molar-refractivity contribution in [3.8, 4) is 0 Å². The molecule has 1 aromatic heterocycles. The molecule has 0 spiro atoms. The maximum absolute atomic E-state index is 10.4. The van der Waals surface area contributed by atoms with Crippen molar-refractivity contribution in [3.05, 3.63) is 23.8 Å². The van der Waals surface area contributed by atoms with Crippen LogP contribution in [0.1, 0.15) is 6.92 Å². The van der Waals surface area contributed by atoms with Crippen LogP contribution in [-0.4, -0.2) is 21.1 Å². The second-order valence-electron chi connectivity index (χ2n) is 1.90. The number of aromatic nitrogens is 2. The number of nitrogens with zero attached hydrogens (tertiary/aromatic N) is 3. The number of hydrogen-bond acceptors (Lipinski definition) is 3. The van der Waals surface area contributed by atoms with Gasteiger partial charge in [-0.15, -0.1) is 5.10 Å². The van der Waals surface area contributed by atoms with E-state index in [0.717, 1.165) is 0 Å². The van der Waals surface area contributed by atoms with Gasteiger partial charge in [0.15, 0.2) is 5.49 Å². The summed E-state index contributed by atoms with van der Waals surface area (Å²) in [7, 11) is 0. The van der Waals surface area contributed by atoms with Crippen molar-refractivity contribution in [2.45, 2.75) is 6.92 Å². The first kappa shape index (κ1) is 7.46. The Morgan fingerprint density at radius 1 is 1.82 bits per heavy atom. The summed E-state index contributed by atoms with van der Waals surface area (Å²) < 4.78 is 0. The molecule has 5 heteroatoms. The van der Waals surface area contributed by atoms with Crippen LogP contribution < -0.4 is 5.49 Å². The summed E-state index contributed by atoms with van der Waals surface area (Å²) in [4.78, 5) is 14.5. The average Bonchev–Trinajstić information content (AvgIpc) is 1.93. The standard InChI is InChI=1S/C6H7N3O2/c1-5(10)8-6-3-2-4-7-9(6)11/h2-4,11H,1H3. The van der Waals surface area contributed by atoms with E-state index in [1.54, 1.807) is 6.07 Å². The molecule has 5 nitrogen and oxygen atoms in total. The lowest BCUT2D eigenvalue weighted by Crippen LogP contribution is -2.21. The molecule has 0 aliphatic rings. The van der Waals surface area contributed by atoms with Gasteiger partial charge in [-0.25, -0.2) is 0 Å². The summed E-state index contributed by atoms with van der Waals surface area (Å²) >= 11 is 0. The fourth-order valence-electron chi connectivity index (χ4n) is 0.600. The lowest BCUT2D eigenvalue weighted by atomic mass is 10.6. The van der Waals surface area contributed by atoms with Crippen LogP contribution in [0.3, 0.4) is 0 Å². The Labute approximate surface area is 62.6 Å². The molecule has 11 heavy (non-hydrogen) atoms. The van der Waals surface area contributed by atoms with Gasteiger partial charge in [-0.05, 0) is 12.1 Å². The molecule has 0 fully saturated rings. The van der Waals surface area contributed by atoms with E-state index in [0.29, 0.717) is 4.85 Å². The predicted octanol–water partition coefficient (Wildman–Crippen LogP) is -0.432. The van der Waals surface area contributed by atoms with E-state index in [-0.39, 0.29) is 11.4 Å². The zero-order chi connectivity index (χ0) is 8.27. The van der Waals surface area contributed by atoms with Gasteiger partial charge in [0.05, 0.1) is 6.20 Å². The van der Waals surface area contributed by atoms with Crippen molar-refractivity contribution in [2.24, 2.45) is 4.99 Å². The van der Waals surface area contributed by atoms with Gasteiger partial charge in [-0.1, -0.05) is 4.85 Å². The maximum Gasteiger partial charge on any atom is 0.244 e. The molecule has 0 aliphatic heterocycles. The van der Waals surface area contributed by atoms with Gasteiger partial charge in [0, 0.05) is 6.92 Å². The van der Waals surface area contributed by atoms with Gasteiger partial charge in [-0.2, -0.15) is 4.99 Å². The predicted molar refractivity (Wildman–Crippen MR) is 35.7 cm³/mol. The zero-order valence-corrected chi connectivity index (χ0v) is 5.93. The van der Waals surface area contributed by atoms with E-state index in [9.17, 15) is 4.79 Å². The second-order valence-corrected chi connectivity index (χ2v) is 1.90. The van der Waals surface area contributed by atoms with Crippen LogP contribution in [0.4, 0.5) is 0 Å². The molecular weight excluding hydrogens is 146 g/mol. The minimum Gasteiger partial charge on any atom is -0.410 e. The lowest BCUT2D eigenvalue weighted by Gasteiger charge is -1.92. The first-order valence-electron chi connectivity index (χ1n) is 2.99. The number of hydrogen-bond donors (Lipinski definition) is 1. The monoisotopic (exact) mass is 153 g/mol. The van der Waals surface area contributed by atoms with E-state index in [4.69, 9.17) is 5.21 Å². The van der Waals surface area contributed by atoms with Crippen LogP contribution in [0.2, 0.25) is 0 Å². The average molecular weight is 153 g/mol. The van der Waals surface area contributed by atoms with Gasteiger partial charge < -0.3 is 5.21 Å². The Balaban J connectivity index is 3.23. The molecule has 0 saturated carbocycles.